The van der Waals surface area contributed by atoms with Crippen molar-refractivity contribution < 1.29 is 17.9 Å². The molecular formula is C15H10F3NO. The van der Waals surface area contributed by atoms with E-state index in [0.29, 0.717) is 17.1 Å². The molecule has 2 rings (SSSR count). The number of nitriles is 1. The lowest BCUT2D eigenvalue weighted by molar-refractivity contribution is -0.138. The van der Waals surface area contributed by atoms with Gasteiger partial charge in [0.15, 0.2) is 0 Å². The summed E-state index contributed by atoms with van der Waals surface area (Å²) in [6.45, 7) is 1.38. The van der Waals surface area contributed by atoms with Crippen LogP contribution in [-0.2, 0) is 6.18 Å². The van der Waals surface area contributed by atoms with Crippen LogP contribution in [0.25, 0.3) is 0 Å². The van der Waals surface area contributed by atoms with E-state index in [1.54, 1.807) is 18.2 Å². The fourth-order valence-corrected chi connectivity index (χ4v) is 1.78. The third-order valence-corrected chi connectivity index (χ3v) is 2.70. The molecule has 0 bridgehead atoms. The first-order chi connectivity index (χ1) is 9.40. The third kappa shape index (κ3) is 3.09. The van der Waals surface area contributed by atoms with Crippen molar-refractivity contribution in [3.8, 4) is 17.6 Å². The van der Waals surface area contributed by atoms with Gasteiger partial charge in [0.25, 0.3) is 0 Å². The second-order valence-electron chi connectivity index (χ2n) is 4.22. The number of alkyl halides is 3. The lowest BCUT2D eigenvalue weighted by Gasteiger charge is -2.12. The van der Waals surface area contributed by atoms with Crippen LogP contribution in [0.4, 0.5) is 13.2 Å². The summed E-state index contributed by atoms with van der Waals surface area (Å²) < 4.78 is 43.3. The fraction of sp³-hybridized carbons (Fsp3) is 0.133. The molecule has 0 radical (unpaired) electrons. The first-order valence-electron chi connectivity index (χ1n) is 5.76. The SMILES string of the molecule is Cc1cc(Oc2cccc(C#N)c2)ccc1C(F)(F)F. The van der Waals surface area contributed by atoms with Gasteiger partial charge in [-0.05, 0) is 48.9 Å². The number of nitrogens with zero attached hydrogens (tertiary/aromatic N) is 1. The zero-order valence-corrected chi connectivity index (χ0v) is 10.5. The molecule has 0 heterocycles. The zero-order valence-electron chi connectivity index (χ0n) is 10.5. The molecule has 0 aliphatic rings. The zero-order chi connectivity index (χ0) is 14.8. The molecule has 0 saturated carbocycles. The number of ether oxygens (including phenoxy) is 1. The van der Waals surface area contributed by atoms with E-state index in [2.05, 4.69) is 0 Å². The minimum Gasteiger partial charge on any atom is -0.457 e. The molecule has 0 atom stereocenters. The lowest BCUT2D eigenvalue weighted by atomic mass is 10.1. The lowest BCUT2D eigenvalue weighted by Crippen LogP contribution is -2.07. The highest BCUT2D eigenvalue weighted by molar-refractivity contribution is 5.41. The molecule has 102 valence electrons. The highest BCUT2D eigenvalue weighted by Crippen LogP contribution is 2.34. The topological polar surface area (TPSA) is 33.0 Å². The first kappa shape index (κ1) is 13.9. The van der Waals surface area contributed by atoms with Crippen LogP contribution < -0.4 is 4.74 Å². The van der Waals surface area contributed by atoms with Gasteiger partial charge in [0.05, 0.1) is 17.2 Å². The summed E-state index contributed by atoms with van der Waals surface area (Å²) in [5.74, 6) is 0.703. The van der Waals surface area contributed by atoms with Crippen molar-refractivity contribution >= 4 is 0 Å². The Bertz CT molecular complexity index is 672. The van der Waals surface area contributed by atoms with Crippen LogP contribution in [-0.4, -0.2) is 0 Å². The van der Waals surface area contributed by atoms with E-state index in [-0.39, 0.29) is 5.56 Å². The van der Waals surface area contributed by atoms with Crippen LogP contribution in [0.15, 0.2) is 42.5 Å². The van der Waals surface area contributed by atoms with E-state index < -0.39 is 11.7 Å². The summed E-state index contributed by atoms with van der Waals surface area (Å²) in [6, 6.07) is 11.9. The van der Waals surface area contributed by atoms with Crippen LogP contribution in [0, 0.1) is 18.3 Å². The number of hydrogen-bond acceptors (Lipinski definition) is 2. The Kier molecular flexibility index (Phi) is 3.66. The average Bonchev–Trinajstić information content (AvgIpc) is 2.37. The van der Waals surface area contributed by atoms with Crippen molar-refractivity contribution in [2.24, 2.45) is 0 Å². The summed E-state index contributed by atoms with van der Waals surface area (Å²) in [5, 5.41) is 8.77. The number of aryl methyl sites for hydroxylation is 1. The van der Waals surface area contributed by atoms with Gasteiger partial charge in [-0.2, -0.15) is 18.4 Å². The average molecular weight is 277 g/mol. The summed E-state index contributed by atoms with van der Waals surface area (Å²) in [4.78, 5) is 0. The van der Waals surface area contributed by atoms with Crippen LogP contribution >= 0.6 is 0 Å². The number of rotatable bonds is 2. The van der Waals surface area contributed by atoms with Gasteiger partial charge < -0.3 is 4.74 Å². The van der Waals surface area contributed by atoms with Gasteiger partial charge in [-0.3, -0.25) is 0 Å². The molecule has 2 nitrogen and oxygen atoms in total. The third-order valence-electron chi connectivity index (χ3n) is 2.70. The molecule has 0 aromatic heterocycles. The Hall–Kier alpha value is -2.48. The summed E-state index contributed by atoms with van der Waals surface area (Å²) in [6.07, 6.45) is -4.37. The van der Waals surface area contributed by atoms with E-state index in [1.807, 2.05) is 6.07 Å². The molecule has 0 fully saturated rings. The molecule has 0 aliphatic heterocycles. The predicted octanol–water partition coefficient (Wildman–Crippen LogP) is 4.68. The maximum Gasteiger partial charge on any atom is 0.416 e. The monoisotopic (exact) mass is 277 g/mol. The number of halogens is 3. The highest BCUT2D eigenvalue weighted by atomic mass is 19.4. The minimum absolute atomic E-state index is 0.0893. The Balaban J connectivity index is 2.27. The van der Waals surface area contributed by atoms with E-state index in [0.717, 1.165) is 6.07 Å². The fourth-order valence-electron chi connectivity index (χ4n) is 1.78. The molecule has 0 saturated heterocycles. The molecule has 2 aromatic rings. The standard InChI is InChI=1S/C15H10F3NO/c1-10-7-13(5-6-14(10)15(16,17)18)20-12-4-2-3-11(8-12)9-19/h2-8H,1H3. The van der Waals surface area contributed by atoms with E-state index in [4.69, 9.17) is 10.00 Å². The smallest absolute Gasteiger partial charge is 0.416 e. The van der Waals surface area contributed by atoms with Gasteiger partial charge >= 0.3 is 6.18 Å². The maximum atomic E-state index is 12.6. The van der Waals surface area contributed by atoms with Crippen LogP contribution in [0.1, 0.15) is 16.7 Å². The number of hydrogen-bond donors (Lipinski definition) is 0. The van der Waals surface area contributed by atoms with Crippen molar-refractivity contribution in [1.82, 2.24) is 0 Å². The largest absolute Gasteiger partial charge is 0.457 e. The quantitative estimate of drug-likeness (QED) is 0.798. The van der Waals surface area contributed by atoms with Crippen molar-refractivity contribution in [2.75, 3.05) is 0 Å². The Morgan fingerprint density at radius 2 is 1.75 bits per heavy atom. The molecule has 0 N–H and O–H groups in total. The second kappa shape index (κ2) is 5.25. The van der Waals surface area contributed by atoms with Crippen molar-refractivity contribution in [3.05, 3.63) is 59.2 Å². The van der Waals surface area contributed by atoms with Gasteiger partial charge in [-0.15, -0.1) is 0 Å². The van der Waals surface area contributed by atoms with Gasteiger partial charge in [0, 0.05) is 0 Å². The molecule has 0 amide bonds. The maximum absolute atomic E-state index is 12.6. The molecule has 20 heavy (non-hydrogen) atoms. The van der Waals surface area contributed by atoms with E-state index in [1.165, 1.54) is 25.1 Å². The first-order valence-corrected chi connectivity index (χ1v) is 5.76. The van der Waals surface area contributed by atoms with E-state index in [9.17, 15) is 13.2 Å². The van der Waals surface area contributed by atoms with Crippen LogP contribution in [0.2, 0.25) is 0 Å². The van der Waals surface area contributed by atoms with Crippen molar-refractivity contribution in [1.29, 1.82) is 5.26 Å². The Labute approximate surface area is 114 Å². The normalized spacial score (nSPS) is 10.9. The Morgan fingerprint density at radius 3 is 2.35 bits per heavy atom. The molecule has 2 aromatic carbocycles. The minimum atomic E-state index is -4.37. The van der Waals surface area contributed by atoms with Crippen LogP contribution in [0.5, 0.6) is 11.5 Å². The van der Waals surface area contributed by atoms with Gasteiger partial charge in [-0.1, -0.05) is 6.07 Å². The summed E-state index contributed by atoms with van der Waals surface area (Å²) >= 11 is 0. The molecule has 5 heteroatoms. The summed E-state index contributed by atoms with van der Waals surface area (Å²) in [5.41, 5.74) is -0.173. The molecule has 0 unspecified atom stereocenters. The van der Waals surface area contributed by atoms with Crippen molar-refractivity contribution in [3.63, 3.8) is 0 Å². The second-order valence-corrected chi connectivity index (χ2v) is 4.22. The summed E-state index contributed by atoms with van der Waals surface area (Å²) in [7, 11) is 0. The van der Waals surface area contributed by atoms with Gasteiger partial charge in [0.1, 0.15) is 11.5 Å². The van der Waals surface area contributed by atoms with Gasteiger partial charge in [-0.25, -0.2) is 0 Å². The molecule has 0 aliphatic carbocycles. The van der Waals surface area contributed by atoms with E-state index >= 15 is 0 Å². The van der Waals surface area contributed by atoms with Crippen molar-refractivity contribution in [2.45, 2.75) is 13.1 Å². The number of benzene rings is 2. The highest BCUT2D eigenvalue weighted by Gasteiger charge is 2.32. The Morgan fingerprint density at radius 1 is 1.05 bits per heavy atom. The molecular weight excluding hydrogens is 267 g/mol. The predicted molar refractivity (Wildman–Crippen MR) is 67.4 cm³/mol. The molecule has 0 spiro atoms. The van der Waals surface area contributed by atoms with Gasteiger partial charge in [0.2, 0.25) is 0 Å². The van der Waals surface area contributed by atoms with Crippen LogP contribution in [0.3, 0.4) is 0 Å².